The van der Waals surface area contributed by atoms with Crippen molar-refractivity contribution in [1.29, 1.82) is 0 Å². The zero-order valence-corrected chi connectivity index (χ0v) is 14.7. The molecule has 0 bridgehead atoms. The van der Waals surface area contributed by atoms with Gasteiger partial charge in [0.05, 0.1) is 0 Å². The Bertz CT molecular complexity index is 799. The van der Waals surface area contributed by atoms with Gasteiger partial charge in [0.25, 0.3) is 5.91 Å². The van der Waals surface area contributed by atoms with Crippen LogP contribution in [-0.2, 0) is 6.54 Å². The third-order valence-corrected chi connectivity index (χ3v) is 4.46. The Labute approximate surface area is 152 Å². The Morgan fingerprint density at radius 3 is 2.42 bits per heavy atom. The van der Waals surface area contributed by atoms with E-state index in [4.69, 9.17) is 0 Å². The van der Waals surface area contributed by atoms with Crippen LogP contribution in [0.1, 0.15) is 34.3 Å². The number of benzene rings is 2. The van der Waals surface area contributed by atoms with Gasteiger partial charge < -0.3 is 15.5 Å². The van der Waals surface area contributed by atoms with Crippen molar-refractivity contribution in [2.45, 2.75) is 26.3 Å². The number of aryl methyl sites for hydroxylation is 1. The highest BCUT2D eigenvalue weighted by atomic mass is 19.1. The van der Waals surface area contributed by atoms with E-state index in [9.17, 15) is 14.0 Å². The molecule has 0 aromatic heterocycles. The van der Waals surface area contributed by atoms with Crippen LogP contribution in [0, 0.1) is 12.7 Å². The molecule has 0 radical (unpaired) electrons. The van der Waals surface area contributed by atoms with Crippen LogP contribution in [0.4, 0.5) is 14.9 Å². The van der Waals surface area contributed by atoms with Gasteiger partial charge in [-0.05, 0) is 61.2 Å². The summed E-state index contributed by atoms with van der Waals surface area (Å²) in [4.78, 5) is 26.1. The number of carbonyl (C=O) groups excluding carboxylic acids is 2. The molecule has 1 saturated heterocycles. The molecule has 136 valence electrons. The van der Waals surface area contributed by atoms with E-state index in [1.165, 1.54) is 6.07 Å². The minimum atomic E-state index is -0.356. The van der Waals surface area contributed by atoms with Gasteiger partial charge in [-0.1, -0.05) is 12.1 Å². The predicted molar refractivity (Wildman–Crippen MR) is 98.6 cm³/mol. The number of hydrogen-bond acceptors (Lipinski definition) is 2. The number of urea groups is 1. The van der Waals surface area contributed by atoms with Crippen LogP contribution in [0.3, 0.4) is 0 Å². The lowest BCUT2D eigenvalue weighted by molar-refractivity contribution is 0.0793. The molecule has 2 N–H and O–H groups in total. The highest BCUT2D eigenvalue weighted by Crippen LogP contribution is 2.15. The summed E-state index contributed by atoms with van der Waals surface area (Å²) in [5, 5.41) is 5.45. The van der Waals surface area contributed by atoms with Crippen LogP contribution in [0.25, 0.3) is 0 Å². The fourth-order valence-electron chi connectivity index (χ4n) is 2.97. The average molecular weight is 355 g/mol. The summed E-state index contributed by atoms with van der Waals surface area (Å²) in [6.07, 6.45) is 2.11. The minimum Gasteiger partial charge on any atom is -0.339 e. The molecule has 0 saturated carbocycles. The molecule has 0 unspecified atom stereocenters. The second-order valence-corrected chi connectivity index (χ2v) is 6.47. The first kappa shape index (κ1) is 17.9. The molecule has 3 rings (SSSR count). The van der Waals surface area contributed by atoms with E-state index in [0.29, 0.717) is 23.4 Å². The molecule has 2 aromatic carbocycles. The Morgan fingerprint density at radius 1 is 1.08 bits per heavy atom. The van der Waals surface area contributed by atoms with E-state index < -0.39 is 0 Å². The van der Waals surface area contributed by atoms with Crippen molar-refractivity contribution in [3.8, 4) is 0 Å². The maximum atomic E-state index is 13.2. The van der Waals surface area contributed by atoms with Gasteiger partial charge in [0, 0.05) is 30.9 Å². The van der Waals surface area contributed by atoms with Crippen molar-refractivity contribution in [3.05, 3.63) is 65.0 Å². The number of halogens is 1. The number of rotatable bonds is 4. The number of likely N-dealkylation sites (tertiary alicyclic amines) is 1. The van der Waals surface area contributed by atoms with Gasteiger partial charge in [-0.15, -0.1) is 0 Å². The van der Waals surface area contributed by atoms with Gasteiger partial charge in [0.1, 0.15) is 5.82 Å². The van der Waals surface area contributed by atoms with Crippen LogP contribution in [0.15, 0.2) is 42.5 Å². The summed E-state index contributed by atoms with van der Waals surface area (Å²) in [5.41, 5.74) is 2.60. The number of anilines is 1. The Hall–Kier alpha value is -2.89. The first-order valence-electron chi connectivity index (χ1n) is 8.72. The summed E-state index contributed by atoms with van der Waals surface area (Å²) < 4.78 is 13.2. The van der Waals surface area contributed by atoms with Gasteiger partial charge in [0.2, 0.25) is 0 Å². The largest absolute Gasteiger partial charge is 0.339 e. The summed E-state index contributed by atoms with van der Waals surface area (Å²) in [6.45, 7) is 3.61. The standard InChI is InChI=1S/C20H22FN3O2/c1-14-12-15(4-9-18(14)21)13-22-20(26)23-17-7-5-16(6-8-17)19(25)24-10-2-3-11-24/h4-9,12H,2-3,10-11,13H2,1H3,(H2,22,23,26). The topological polar surface area (TPSA) is 61.4 Å². The molecule has 26 heavy (non-hydrogen) atoms. The quantitative estimate of drug-likeness (QED) is 0.879. The fourth-order valence-corrected chi connectivity index (χ4v) is 2.97. The lowest BCUT2D eigenvalue weighted by atomic mass is 10.1. The molecule has 6 heteroatoms. The van der Waals surface area contributed by atoms with E-state index >= 15 is 0 Å². The lowest BCUT2D eigenvalue weighted by Gasteiger charge is -2.15. The average Bonchev–Trinajstić information content (AvgIpc) is 3.17. The summed E-state index contributed by atoms with van der Waals surface area (Å²) in [7, 11) is 0. The Balaban J connectivity index is 1.52. The van der Waals surface area contributed by atoms with Crippen molar-refractivity contribution in [1.82, 2.24) is 10.2 Å². The zero-order chi connectivity index (χ0) is 18.5. The summed E-state index contributed by atoms with van der Waals surface area (Å²) in [5.74, 6) is -0.230. The van der Waals surface area contributed by atoms with E-state index in [-0.39, 0.29) is 17.8 Å². The lowest BCUT2D eigenvalue weighted by Crippen LogP contribution is -2.28. The molecule has 1 aliphatic heterocycles. The second-order valence-electron chi connectivity index (χ2n) is 6.47. The number of carbonyl (C=O) groups is 2. The van der Waals surface area contributed by atoms with E-state index in [1.54, 1.807) is 43.3 Å². The number of amides is 3. The maximum Gasteiger partial charge on any atom is 0.319 e. The van der Waals surface area contributed by atoms with Crippen LogP contribution in [0.2, 0.25) is 0 Å². The summed E-state index contributed by atoms with van der Waals surface area (Å²) >= 11 is 0. The highest BCUT2D eigenvalue weighted by molar-refractivity contribution is 5.95. The molecule has 2 aromatic rings. The normalized spacial score (nSPS) is 13.5. The first-order chi connectivity index (χ1) is 12.5. The molecule has 0 spiro atoms. The predicted octanol–water partition coefficient (Wildman–Crippen LogP) is 3.69. The minimum absolute atomic E-state index is 0.0326. The molecular weight excluding hydrogens is 333 g/mol. The SMILES string of the molecule is Cc1cc(CNC(=O)Nc2ccc(C(=O)N3CCCC3)cc2)ccc1F. The second kappa shape index (κ2) is 7.99. The van der Waals surface area contributed by atoms with Crippen molar-refractivity contribution in [3.63, 3.8) is 0 Å². The third kappa shape index (κ3) is 4.39. The van der Waals surface area contributed by atoms with E-state index in [0.717, 1.165) is 31.5 Å². The molecule has 5 nitrogen and oxygen atoms in total. The monoisotopic (exact) mass is 355 g/mol. The summed E-state index contributed by atoms with van der Waals surface area (Å²) in [6, 6.07) is 11.2. The molecule has 0 atom stereocenters. The molecule has 1 heterocycles. The molecule has 0 aliphatic carbocycles. The van der Waals surface area contributed by atoms with E-state index in [2.05, 4.69) is 10.6 Å². The zero-order valence-electron chi connectivity index (χ0n) is 14.7. The van der Waals surface area contributed by atoms with Crippen molar-refractivity contribution >= 4 is 17.6 Å². The van der Waals surface area contributed by atoms with Crippen molar-refractivity contribution in [2.24, 2.45) is 0 Å². The van der Waals surface area contributed by atoms with Gasteiger partial charge >= 0.3 is 6.03 Å². The Morgan fingerprint density at radius 2 is 1.77 bits per heavy atom. The Kier molecular flexibility index (Phi) is 5.51. The first-order valence-corrected chi connectivity index (χ1v) is 8.72. The fraction of sp³-hybridized carbons (Fsp3) is 0.300. The molecule has 1 fully saturated rings. The number of nitrogens with zero attached hydrogens (tertiary/aromatic N) is 1. The molecule has 3 amide bonds. The van der Waals surface area contributed by atoms with Crippen LogP contribution in [0.5, 0.6) is 0 Å². The van der Waals surface area contributed by atoms with Crippen molar-refractivity contribution in [2.75, 3.05) is 18.4 Å². The maximum absolute atomic E-state index is 13.2. The molecular formula is C20H22FN3O2. The number of nitrogens with one attached hydrogen (secondary N) is 2. The van der Waals surface area contributed by atoms with E-state index in [1.807, 2.05) is 4.90 Å². The van der Waals surface area contributed by atoms with Crippen LogP contribution in [-0.4, -0.2) is 29.9 Å². The van der Waals surface area contributed by atoms with Gasteiger partial charge in [0.15, 0.2) is 0 Å². The van der Waals surface area contributed by atoms with Gasteiger partial charge in [-0.25, -0.2) is 9.18 Å². The van der Waals surface area contributed by atoms with Crippen LogP contribution >= 0.6 is 0 Å². The van der Waals surface area contributed by atoms with Crippen molar-refractivity contribution < 1.29 is 14.0 Å². The third-order valence-electron chi connectivity index (χ3n) is 4.46. The van der Waals surface area contributed by atoms with Gasteiger partial charge in [-0.2, -0.15) is 0 Å². The van der Waals surface area contributed by atoms with Gasteiger partial charge in [-0.3, -0.25) is 4.79 Å². The van der Waals surface area contributed by atoms with Crippen LogP contribution < -0.4 is 10.6 Å². The number of hydrogen-bond donors (Lipinski definition) is 2. The smallest absolute Gasteiger partial charge is 0.319 e. The highest BCUT2D eigenvalue weighted by Gasteiger charge is 2.19. The molecule has 1 aliphatic rings.